The first-order chi connectivity index (χ1) is 8.08. The zero-order valence-corrected chi connectivity index (χ0v) is 11.1. The first-order valence-corrected chi connectivity index (χ1v) is 6.40. The molecule has 1 fully saturated rings. The van der Waals surface area contributed by atoms with Gasteiger partial charge in [-0.25, -0.2) is 9.97 Å². The molecular formula is C12H19ClN4. The Morgan fingerprint density at radius 3 is 2.82 bits per heavy atom. The summed E-state index contributed by atoms with van der Waals surface area (Å²) in [7, 11) is 0. The molecule has 0 radical (unpaired) electrons. The van der Waals surface area contributed by atoms with Crippen LogP contribution in [0.25, 0.3) is 0 Å². The summed E-state index contributed by atoms with van der Waals surface area (Å²) in [5, 5.41) is 7.36. The lowest BCUT2D eigenvalue weighted by Crippen LogP contribution is -2.50. The molecule has 17 heavy (non-hydrogen) atoms. The summed E-state index contributed by atoms with van der Waals surface area (Å²) in [5.74, 6) is 0.637. The van der Waals surface area contributed by atoms with Crippen molar-refractivity contribution in [3.05, 3.63) is 17.4 Å². The van der Waals surface area contributed by atoms with E-state index < -0.39 is 0 Å². The van der Waals surface area contributed by atoms with Crippen LogP contribution in [0.3, 0.4) is 0 Å². The third-order valence-electron chi connectivity index (χ3n) is 3.42. The highest BCUT2D eigenvalue weighted by Gasteiger charge is 2.31. The van der Waals surface area contributed by atoms with Crippen LogP contribution in [0, 0.1) is 5.41 Å². The predicted molar refractivity (Wildman–Crippen MR) is 70.3 cm³/mol. The summed E-state index contributed by atoms with van der Waals surface area (Å²) in [6.45, 7) is 6.54. The smallest absolute Gasteiger partial charge is 0.222 e. The van der Waals surface area contributed by atoms with Gasteiger partial charge >= 0.3 is 0 Å². The van der Waals surface area contributed by atoms with Crippen LogP contribution in [0.1, 0.15) is 26.7 Å². The minimum Gasteiger partial charge on any atom is -0.353 e. The number of piperidine rings is 1. The molecule has 1 atom stereocenters. The Morgan fingerprint density at radius 2 is 2.18 bits per heavy atom. The van der Waals surface area contributed by atoms with Crippen LogP contribution < -0.4 is 10.6 Å². The number of halogens is 1. The number of rotatable bonds is 3. The molecule has 0 aliphatic carbocycles. The van der Waals surface area contributed by atoms with Gasteiger partial charge in [0.25, 0.3) is 0 Å². The van der Waals surface area contributed by atoms with Crippen molar-refractivity contribution < 1.29 is 0 Å². The Morgan fingerprint density at radius 1 is 1.47 bits per heavy atom. The van der Waals surface area contributed by atoms with Crippen LogP contribution in [0.15, 0.2) is 12.4 Å². The molecular weight excluding hydrogens is 236 g/mol. The second-order valence-corrected chi connectivity index (χ2v) is 5.64. The van der Waals surface area contributed by atoms with Gasteiger partial charge in [0.15, 0.2) is 0 Å². The van der Waals surface area contributed by atoms with Crippen molar-refractivity contribution in [1.29, 1.82) is 0 Å². The molecule has 5 heteroatoms. The topological polar surface area (TPSA) is 49.8 Å². The van der Waals surface area contributed by atoms with Crippen molar-refractivity contribution >= 4 is 17.5 Å². The van der Waals surface area contributed by atoms with Crippen LogP contribution in [-0.4, -0.2) is 29.1 Å². The number of nitrogens with one attached hydrogen (secondary N) is 2. The maximum absolute atomic E-state index is 5.74. The molecule has 1 aliphatic heterocycles. The van der Waals surface area contributed by atoms with Gasteiger partial charge in [0.05, 0.1) is 17.4 Å². The van der Waals surface area contributed by atoms with Crippen LogP contribution in [0.5, 0.6) is 0 Å². The van der Waals surface area contributed by atoms with Gasteiger partial charge in [-0.15, -0.1) is 0 Å². The van der Waals surface area contributed by atoms with Gasteiger partial charge in [0.1, 0.15) is 0 Å². The first-order valence-electron chi connectivity index (χ1n) is 6.03. The van der Waals surface area contributed by atoms with Gasteiger partial charge in [-0.1, -0.05) is 25.4 Å². The molecule has 94 valence electrons. The SMILES string of the molecule is CC1(C)CCCNC1CNc1ncc(Cl)cn1. The molecule has 0 aromatic carbocycles. The fourth-order valence-corrected chi connectivity index (χ4v) is 2.31. The van der Waals surface area contributed by atoms with E-state index in [-0.39, 0.29) is 0 Å². The maximum Gasteiger partial charge on any atom is 0.222 e. The number of anilines is 1. The van der Waals surface area contributed by atoms with E-state index in [0.717, 1.165) is 13.1 Å². The third-order valence-corrected chi connectivity index (χ3v) is 3.61. The van der Waals surface area contributed by atoms with E-state index in [1.54, 1.807) is 12.4 Å². The summed E-state index contributed by atoms with van der Waals surface area (Å²) in [5.41, 5.74) is 0.317. The average molecular weight is 255 g/mol. The van der Waals surface area contributed by atoms with Crippen LogP contribution in [-0.2, 0) is 0 Å². The second kappa shape index (κ2) is 5.19. The fraction of sp³-hybridized carbons (Fsp3) is 0.667. The molecule has 2 rings (SSSR count). The third kappa shape index (κ3) is 3.30. The number of aromatic nitrogens is 2. The highest BCUT2D eigenvalue weighted by atomic mass is 35.5. The van der Waals surface area contributed by atoms with E-state index in [2.05, 4.69) is 34.4 Å². The van der Waals surface area contributed by atoms with Gasteiger partial charge in [-0.3, -0.25) is 0 Å². The highest BCUT2D eigenvalue weighted by Crippen LogP contribution is 2.29. The fourth-order valence-electron chi connectivity index (χ4n) is 2.22. The van der Waals surface area contributed by atoms with Gasteiger partial charge in [-0.05, 0) is 24.8 Å². The molecule has 0 saturated carbocycles. The average Bonchev–Trinajstić information content (AvgIpc) is 2.29. The quantitative estimate of drug-likeness (QED) is 0.869. The Balaban J connectivity index is 1.91. The minimum atomic E-state index is 0.317. The van der Waals surface area contributed by atoms with Crippen LogP contribution in [0.2, 0.25) is 5.02 Å². The zero-order chi connectivity index (χ0) is 12.3. The van der Waals surface area contributed by atoms with E-state index in [9.17, 15) is 0 Å². The lowest BCUT2D eigenvalue weighted by Gasteiger charge is -2.39. The van der Waals surface area contributed by atoms with Gasteiger partial charge in [0, 0.05) is 12.6 Å². The molecule has 4 nitrogen and oxygen atoms in total. The molecule has 1 aromatic heterocycles. The Bertz CT molecular complexity index is 363. The number of hydrogen-bond acceptors (Lipinski definition) is 4. The molecule has 2 N–H and O–H groups in total. The van der Waals surface area contributed by atoms with Gasteiger partial charge in [0.2, 0.25) is 5.95 Å². The Kier molecular flexibility index (Phi) is 3.84. The van der Waals surface area contributed by atoms with E-state index in [0.29, 0.717) is 22.4 Å². The monoisotopic (exact) mass is 254 g/mol. The van der Waals surface area contributed by atoms with Crippen molar-refractivity contribution in [3.8, 4) is 0 Å². The molecule has 0 amide bonds. The lowest BCUT2D eigenvalue weighted by atomic mass is 9.77. The summed E-state index contributed by atoms with van der Waals surface area (Å²) < 4.78 is 0. The second-order valence-electron chi connectivity index (χ2n) is 5.20. The van der Waals surface area contributed by atoms with Crippen LogP contribution in [0.4, 0.5) is 5.95 Å². The summed E-state index contributed by atoms with van der Waals surface area (Å²) in [6.07, 6.45) is 5.72. The van der Waals surface area contributed by atoms with Crippen LogP contribution >= 0.6 is 11.6 Å². The van der Waals surface area contributed by atoms with E-state index >= 15 is 0 Å². The first kappa shape index (κ1) is 12.6. The predicted octanol–water partition coefficient (Wildman–Crippen LogP) is 2.32. The molecule has 1 unspecified atom stereocenters. The van der Waals surface area contributed by atoms with E-state index in [1.165, 1.54) is 12.8 Å². The normalized spacial score (nSPS) is 23.4. The summed E-state index contributed by atoms with van der Waals surface area (Å²) in [6, 6.07) is 0.454. The summed E-state index contributed by atoms with van der Waals surface area (Å²) >= 11 is 5.74. The highest BCUT2D eigenvalue weighted by molar-refractivity contribution is 6.30. The molecule has 2 heterocycles. The number of nitrogens with zero attached hydrogens (tertiary/aromatic N) is 2. The van der Waals surface area contributed by atoms with Gasteiger partial charge in [-0.2, -0.15) is 0 Å². The molecule has 0 spiro atoms. The van der Waals surface area contributed by atoms with E-state index in [1.807, 2.05) is 0 Å². The summed E-state index contributed by atoms with van der Waals surface area (Å²) in [4.78, 5) is 8.26. The standard InChI is InChI=1S/C12H19ClN4/c1-12(2)4-3-5-14-10(12)8-17-11-15-6-9(13)7-16-11/h6-7,10,14H,3-5,8H2,1-2H3,(H,15,16,17). The van der Waals surface area contributed by atoms with Crippen molar-refractivity contribution in [3.63, 3.8) is 0 Å². The van der Waals surface area contributed by atoms with Crippen molar-refractivity contribution in [2.75, 3.05) is 18.4 Å². The van der Waals surface area contributed by atoms with Crippen molar-refractivity contribution in [2.45, 2.75) is 32.7 Å². The maximum atomic E-state index is 5.74. The van der Waals surface area contributed by atoms with Crippen molar-refractivity contribution in [1.82, 2.24) is 15.3 Å². The van der Waals surface area contributed by atoms with Crippen molar-refractivity contribution in [2.24, 2.45) is 5.41 Å². The van der Waals surface area contributed by atoms with Gasteiger partial charge < -0.3 is 10.6 Å². The zero-order valence-electron chi connectivity index (χ0n) is 10.3. The Labute approximate surface area is 107 Å². The largest absolute Gasteiger partial charge is 0.353 e. The molecule has 1 aromatic rings. The minimum absolute atomic E-state index is 0.317. The molecule has 1 aliphatic rings. The van der Waals surface area contributed by atoms with E-state index in [4.69, 9.17) is 11.6 Å². The number of hydrogen-bond donors (Lipinski definition) is 2. The molecule has 1 saturated heterocycles. The Hall–Kier alpha value is -0.870. The molecule has 0 bridgehead atoms. The lowest BCUT2D eigenvalue weighted by molar-refractivity contribution is 0.188.